The number of hydrogen-bond acceptors (Lipinski definition) is 28. The van der Waals surface area contributed by atoms with Crippen molar-refractivity contribution < 1.29 is 103 Å². The number of fused-ring (bicyclic) bond motifs is 12. The summed E-state index contributed by atoms with van der Waals surface area (Å²) in [5.74, 6) is 5.96. The quantitative estimate of drug-likeness (QED) is 0.0811. The Morgan fingerprint density at radius 1 is 0.221 bits per heavy atom. The first kappa shape index (κ1) is 91.8. The summed E-state index contributed by atoms with van der Waals surface area (Å²) in [7, 11) is 0. The van der Waals surface area contributed by atoms with Crippen molar-refractivity contribution in [2.24, 2.45) is 0 Å². The molecule has 12 aromatic carbocycles. The zero-order chi connectivity index (χ0) is 88.8. The molecule has 0 aliphatic carbocycles. The number of nitrogens with zero attached hydrogens (tertiary/aromatic N) is 28. The number of hydrogen-bond donors (Lipinski definition) is 0. The van der Waals surface area contributed by atoms with Gasteiger partial charge in [-0.25, -0.2) is 74.4 Å². The maximum atomic E-state index is 5.94. The van der Waals surface area contributed by atoms with E-state index in [0.717, 1.165) is 137 Å². The number of benzene rings is 12. The first-order chi connectivity index (χ1) is 65.0. The summed E-state index contributed by atoms with van der Waals surface area (Å²) in [6.07, 6.45) is 12.9. The molecule has 136 heavy (non-hydrogen) atoms. The zero-order valence-corrected chi connectivity index (χ0v) is 80.2. The molecule has 0 saturated heterocycles. The molecular formula is C100H60N28O4Pt4. The summed E-state index contributed by atoms with van der Waals surface area (Å²) in [5, 5.41) is 80.1. The zero-order valence-electron chi connectivity index (χ0n) is 71.1. The molecule has 24 aromatic rings. The van der Waals surface area contributed by atoms with Crippen LogP contribution in [-0.2, 0) is 84.3 Å². The van der Waals surface area contributed by atoms with Crippen LogP contribution in [0.25, 0.3) is 156 Å². The summed E-state index contributed by atoms with van der Waals surface area (Å²) in [4.78, 5) is 26.2. The van der Waals surface area contributed by atoms with Gasteiger partial charge in [0.15, 0.2) is 23.8 Å². The van der Waals surface area contributed by atoms with Gasteiger partial charge in [-0.1, -0.05) is 120 Å². The van der Waals surface area contributed by atoms with Crippen LogP contribution in [0.15, 0.2) is 292 Å². The molecule has 12 aromatic heterocycles. The third-order valence-electron chi connectivity index (χ3n) is 20.7. The van der Waals surface area contributed by atoms with E-state index in [1.54, 1.807) is 82.1 Å². The first-order valence-corrected chi connectivity index (χ1v) is 40.9. The molecule has 0 unspecified atom stereocenters. The smallest absolute Gasteiger partial charge is 0.460 e. The van der Waals surface area contributed by atoms with Crippen LogP contribution in [0.4, 0.5) is 0 Å². The molecule has 0 N–H and O–H groups in total. The monoisotopic (exact) mass is 2500 g/mol. The van der Waals surface area contributed by atoms with Gasteiger partial charge in [-0.2, -0.15) is 102 Å². The van der Waals surface area contributed by atoms with Crippen molar-refractivity contribution in [3.63, 3.8) is 0 Å². The maximum Gasteiger partial charge on any atom is 2.00 e. The van der Waals surface area contributed by atoms with Crippen molar-refractivity contribution in [2.75, 3.05) is 0 Å². The molecular weight excluding hydrogens is 2440 g/mol. The standard InChI is InChI=1S/C27H18N6O.C25H14N6O.C24H15N9O.C24H13N7O.4Pt/c1-17-12-13-28-26(14-17)34-21-7-5-6-19(15-21)20-10-11-23-22-8-3-4-9-24(22)33(25(23)16-20)27-31-29-18(2)30-32-27;1-2-8-22-20(7-1)21-10-9-18(16-23(21)31(22)24-26-11-4-12-27-24)17-5-3-6-19(15-17)32-25-28-13-14-29-30-25;1-14-25-29-23(30-26-14)33-21-9-4-3-8-19(21)20-11-10-17(13-22(20)33)16-6-5-7-18(12-16)34-24-31-27-15(2)28-32-24;1-2-8-21-19(7-1)20-10-9-17(14-22(20)31(21)23-25-11-4-12-26-23)16-5-3-6-18(13-16)32-24-29-27-15-28-30-24;;;;/h3-14H,1-2H3;1-14H;3-11H,1-2H3;1-12,15H;;;;/q4*-2;4*+2. The SMILES string of the molecule is Cc1ccnc(Oc2[c-]c(-c3[c-]c4c(cc3)c3ccccc3n4-c3nnc(C)nn3)ccc2)c1.Cc1nnc(Oc2[c-]c(-c3[c-]c4c(cc3)c3ccccc3n4-c3nnc(C)nn3)ccc2)nn1.[Pt+2].[Pt+2].[Pt+2].[Pt+2].[c-]1c(Oc2nccnn2)cccc1-c1[c-]c2c(cc1)c1ccccc1n2-c1ncccn1.[c-]1c(Oc2nncnn2)cccc1-c1[c-]c2c(cc1)c1ccccc1n2-c1ncccn1. The van der Waals surface area contributed by atoms with Crippen LogP contribution in [0.1, 0.15) is 23.0 Å². The minimum Gasteiger partial charge on any atom is -0.460 e. The van der Waals surface area contributed by atoms with Crippen LogP contribution in [0.5, 0.6) is 46.9 Å². The second kappa shape index (κ2) is 41.3. The van der Waals surface area contributed by atoms with Gasteiger partial charge in [0.1, 0.15) is 0 Å². The third kappa shape index (κ3) is 19.4. The Kier molecular flexibility index (Phi) is 27.9. The molecule has 0 radical (unpaired) electrons. The van der Waals surface area contributed by atoms with E-state index < -0.39 is 0 Å². The molecule has 36 heteroatoms. The van der Waals surface area contributed by atoms with E-state index in [2.05, 4.69) is 225 Å². The maximum absolute atomic E-state index is 5.94. The number of aryl methyl sites for hydroxylation is 4. The molecule has 24 rings (SSSR count). The molecule has 0 amide bonds. The fraction of sp³-hybridized carbons (Fsp3) is 0.0400. The average Bonchev–Trinajstić information content (AvgIpc) is 1.61. The van der Waals surface area contributed by atoms with Crippen molar-refractivity contribution in [1.29, 1.82) is 0 Å². The molecule has 0 aliphatic heterocycles. The second-order valence-electron chi connectivity index (χ2n) is 29.3. The van der Waals surface area contributed by atoms with E-state index in [1.165, 1.54) is 18.7 Å². The van der Waals surface area contributed by atoms with Gasteiger partial charge in [-0.15, -0.1) is 134 Å². The minimum absolute atomic E-state index is 0. The summed E-state index contributed by atoms with van der Waals surface area (Å²) >= 11 is 0. The normalized spacial score (nSPS) is 10.9. The van der Waals surface area contributed by atoms with Gasteiger partial charge in [0.2, 0.25) is 17.8 Å². The first-order valence-electron chi connectivity index (χ1n) is 40.9. The van der Waals surface area contributed by atoms with E-state index >= 15 is 0 Å². The Morgan fingerprint density at radius 3 is 0.890 bits per heavy atom. The van der Waals surface area contributed by atoms with Crippen LogP contribution in [0.3, 0.4) is 0 Å². The van der Waals surface area contributed by atoms with Gasteiger partial charge < -0.3 is 18.9 Å². The van der Waals surface area contributed by atoms with E-state index in [4.69, 9.17) is 18.9 Å². The average molecular weight is 2500 g/mol. The van der Waals surface area contributed by atoms with E-state index in [-0.39, 0.29) is 102 Å². The predicted octanol–water partition coefficient (Wildman–Crippen LogP) is 18.1. The van der Waals surface area contributed by atoms with Crippen LogP contribution < -0.4 is 18.9 Å². The van der Waals surface area contributed by atoms with Gasteiger partial charge in [0, 0.05) is 82.1 Å². The van der Waals surface area contributed by atoms with Gasteiger partial charge in [-0.05, 0) is 119 Å². The van der Waals surface area contributed by atoms with Crippen LogP contribution in [0, 0.1) is 76.2 Å². The molecule has 0 atom stereocenters. The Balaban J connectivity index is 0.000000125. The Labute approximate surface area is 830 Å². The van der Waals surface area contributed by atoms with Gasteiger partial charge in [0.05, 0.1) is 12.4 Å². The Bertz CT molecular complexity index is 8140. The van der Waals surface area contributed by atoms with Crippen molar-refractivity contribution in [3.8, 4) is 115 Å². The van der Waals surface area contributed by atoms with E-state index in [0.29, 0.717) is 70.1 Å². The number of aromatic nitrogens is 28. The second-order valence-corrected chi connectivity index (χ2v) is 29.3. The van der Waals surface area contributed by atoms with Crippen molar-refractivity contribution in [2.45, 2.75) is 27.7 Å². The largest absolute Gasteiger partial charge is 2.00 e. The molecule has 664 valence electrons. The summed E-state index contributed by atoms with van der Waals surface area (Å²) < 4.78 is 30.8. The van der Waals surface area contributed by atoms with Gasteiger partial charge in [-0.3, -0.25) is 18.3 Å². The third-order valence-corrected chi connectivity index (χ3v) is 20.7. The molecule has 0 saturated carbocycles. The molecule has 0 fully saturated rings. The topological polar surface area (TPSA) is 366 Å². The molecule has 0 bridgehead atoms. The van der Waals surface area contributed by atoms with Crippen molar-refractivity contribution in [1.82, 2.24) is 140 Å². The fourth-order valence-corrected chi connectivity index (χ4v) is 15.0. The minimum atomic E-state index is 0. The van der Waals surface area contributed by atoms with Gasteiger partial charge >= 0.3 is 102 Å². The Morgan fingerprint density at radius 2 is 0.537 bits per heavy atom. The molecule has 0 aliphatic rings. The summed E-state index contributed by atoms with van der Waals surface area (Å²) in [6.45, 7) is 7.21. The number of pyridine rings is 1. The molecule has 32 nitrogen and oxygen atoms in total. The number of para-hydroxylation sites is 4. The molecule has 12 heterocycles. The summed E-state index contributed by atoms with van der Waals surface area (Å²) in [5.41, 5.74) is 15.1. The predicted molar refractivity (Wildman–Crippen MR) is 488 cm³/mol. The van der Waals surface area contributed by atoms with Crippen molar-refractivity contribution >= 4 is 87.2 Å². The van der Waals surface area contributed by atoms with Crippen LogP contribution >= 0.6 is 0 Å². The van der Waals surface area contributed by atoms with Crippen molar-refractivity contribution in [3.05, 3.63) is 364 Å². The molecule has 0 spiro atoms. The van der Waals surface area contributed by atoms with Crippen LogP contribution in [0.2, 0.25) is 0 Å². The van der Waals surface area contributed by atoms with Gasteiger partial charge in [0.25, 0.3) is 11.9 Å². The van der Waals surface area contributed by atoms with E-state index in [9.17, 15) is 0 Å². The van der Waals surface area contributed by atoms with Crippen LogP contribution in [-0.4, -0.2) is 140 Å². The Hall–Kier alpha value is -16.1. The summed E-state index contributed by atoms with van der Waals surface area (Å²) in [6, 6.07) is 106. The number of rotatable bonds is 16. The number of ether oxygens (including phenoxy) is 4. The van der Waals surface area contributed by atoms with E-state index in [1.807, 2.05) is 183 Å². The fourth-order valence-electron chi connectivity index (χ4n) is 15.0.